The molecule has 0 aliphatic heterocycles. The molecule has 1 fully saturated rings. The minimum Gasteiger partial charge on any atom is -0.396 e. The number of hydrogen-bond donors (Lipinski definition) is 3. The molecule has 3 N–H and O–H groups in total. The van der Waals surface area contributed by atoms with Crippen LogP contribution in [0.1, 0.15) is 24.8 Å². The molecule has 10 heteroatoms. The summed E-state index contributed by atoms with van der Waals surface area (Å²) in [7, 11) is -2.30. The Morgan fingerprint density at radius 1 is 1.32 bits per heavy atom. The molecular formula is C18H21BrFN3O4S. The number of anilines is 3. The number of nitrogens with zero attached hydrogens (tertiary/aromatic N) is 1. The van der Waals surface area contributed by atoms with Gasteiger partial charge >= 0.3 is 0 Å². The van der Waals surface area contributed by atoms with E-state index in [4.69, 9.17) is 0 Å². The lowest BCUT2D eigenvalue weighted by molar-refractivity contribution is 0.283. The summed E-state index contributed by atoms with van der Waals surface area (Å²) in [6.45, 7) is 1.31. The zero-order valence-corrected chi connectivity index (χ0v) is 17.8. The number of rotatable bonds is 7. The van der Waals surface area contributed by atoms with Crippen LogP contribution in [0.25, 0.3) is 0 Å². The van der Waals surface area contributed by atoms with Crippen LogP contribution in [0.4, 0.5) is 21.5 Å². The third-order valence-corrected chi connectivity index (χ3v) is 7.72. The Labute approximate surface area is 170 Å². The van der Waals surface area contributed by atoms with Crippen molar-refractivity contribution in [3.05, 3.63) is 50.6 Å². The fourth-order valence-corrected chi connectivity index (χ4v) is 5.10. The number of aliphatic hydroxyl groups is 1. The van der Waals surface area contributed by atoms with Gasteiger partial charge < -0.3 is 15.0 Å². The molecule has 1 aromatic heterocycles. The molecule has 7 nitrogen and oxygen atoms in total. The summed E-state index contributed by atoms with van der Waals surface area (Å²) >= 11 is 3.18. The molecule has 1 saturated carbocycles. The van der Waals surface area contributed by atoms with Crippen molar-refractivity contribution in [2.75, 3.05) is 16.6 Å². The Kier molecular flexibility index (Phi) is 5.57. The van der Waals surface area contributed by atoms with Gasteiger partial charge in [0.1, 0.15) is 5.82 Å². The maximum atomic E-state index is 14.3. The lowest BCUT2D eigenvalue weighted by Gasteiger charge is -2.21. The maximum absolute atomic E-state index is 14.3. The van der Waals surface area contributed by atoms with Crippen LogP contribution in [0.5, 0.6) is 0 Å². The fourth-order valence-electron chi connectivity index (χ4n) is 3.10. The summed E-state index contributed by atoms with van der Waals surface area (Å²) in [5, 5.41) is 12.0. The predicted molar refractivity (Wildman–Crippen MR) is 110 cm³/mol. The monoisotopic (exact) mass is 473 g/mol. The number of nitrogens with one attached hydrogen (secondary N) is 2. The predicted octanol–water partition coefficient (Wildman–Crippen LogP) is 3.00. The quantitative estimate of drug-likeness (QED) is 0.573. The van der Waals surface area contributed by atoms with E-state index in [0.717, 1.165) is 0 Å². The molecule has 28 heavy (non-hydrogen) atoms. The zero-order chi connectivity index (χ0) is 20.7. The Morgan fingerprint density at radius 2 is 2.00 bits per heavy atom. The molecule has 1 aliphatic carbocycles. The first-order valence-electron chi connectivity index (χ1n) is 8.66. The van der Waals surface area contributed by atoms with E-state index in [9.17, 15) is 22.7 Å². The molecule has 3 rings (SSSR count). The summed E-state index contributed by atoms with van der Waals surface area (Å²) in [4.78, 5) is 12.4. The van der Waals surface area contributed by atoms with Crippen LogP contribution in [0.2, 0.25) is 0 Å². The normalized spacial score (nSPS) is 15.3. The van der Waals surface area contributed by atoms with Gasteiger partial charge in [0, 0.05) is 29.9 Å². The van der Waals surface area contributed by atoms with Crippen molar-refractivity contribution in [3.63, 3.8) is 0 Å². The molecule has 1 aromatic carbocycles. The molecule has 0 atom stereocenters. The van der Waals surface area contributed by atoms with Gasteiger partial charge in [-0.15, -0.1) is 0 Å². The van der Waals surface area contributed by atoms with Gasteiger partial charge in [-0.05, 0) is 44.4 Å². The molecule has 0 bridgehead atoms. The van der Waals surface area contributed by atoms with E-state index in [-0.39, 0.29) is 41.2 Å². The minimum atomic E-state index is -3.81. The Balaban J connectivity index is 2.05. The molecule has 1 heterocycles. The number of aromatic nitrogens is 1. The summed E-state index contributed by atoms with van der Waals surface area (Å²) < 4.78 is 43.4. The second kappa shape index (κ2) is 7.49. The lowest BCUT2D eigenvalue weighted by atomic mass is 10.2. The number of benzene rings is 1. The van der Waals surface area contributed by atoms with Crippen molar-refractivity contribution in [1.82, 2.24) is 4.57 Å². The summed E-state index contributed by atoms with van der Waals surface area (Å²) in [5.74, 6) is -0.554. The van der Waals surface area contributed by atoms with E-state index in [2.05, 4.69) is 26.0 Å². The number of aliphatic hydroxyl groups excluding tert-OH is 1. The van der Waals surface area contributed by atoms with E-state index in [0.29, 0.717) is 17.3 Å². The second-order valence-corrected chi connectivity index (χ2v) is 9.96. The topological polar surface area (TPSA) is 100 Å². The van der Waals surface area contributed by atoms with Gasteiger partial charge in [-0.2, -0.15) is 0 Å². The van der Waals surface area contributed by atoms with E-state index >= 15 is 0 Å². The van der Waals surface area contributed by atoms with Crippen molar-refractivity contribution < 1.29 is 17.9 Å². The number of halogens is 2. The van der Waals surface area contributed by atoms with Crippen LogP contribution in [0.3, 0.4) is 0 Å². The van der Waals surface area contributed by atoms with Crippen LogP contribution >= 0.6 is 15.9 Å². The minimum absolute atomic E-state index is 0.108. The van der Waals surface area contributed by atoms with Crippen molar-refractivity contribution in [1.29, 1.82) is 0 Å². The highest BCUT2D eigenvalue weighted by atomic mass is 79.9. The highest BCUT2D eigenvalue weighted by Gasteiger charge is 2.54. The number of pyridine rings is 1. The number of aryl methyl sites for hydroxylation is 1. The van der Waals surface area contributed by atoms with Gasteiger partial charge in [-0.3, -0.25) is 9.52 Å². The van der Waals surface area contributed by atoms with Crippen LogP contribution in [0, 0.1) is 12.7 Å². The molecule has 1 aliphatic rings. The Hall–Kier alpha value is -1.91. The molecule has 0 unspecified atom stereocenters. The third-order valence-electron chi connectivity index (χ3n) is 4.99. The van der Waals surface area contributed by atoms with E-state index in [1.807, 2.05) is 0 Å². The van der Waals surface area contributed by atoms with Crippen molar-refractivity contribution in [3.8, 4) is 0 Å². The van der Waals surface area contributed by atoms with Crippen LogP contribution < -0.4 is 15.6 Å². The van der Waals surface area contributed by atoms with Crippen LogP contribution in [0.15, 0.2) is 33.7 Å². The Morgan fingerprint density at radius 3 is 2.57 bits per heavy atom. The van der Waals surface area contributed by atoms with Gasteiger partial charge in [0.25, 0.3) is 5.56 Å². The summed E-state index contributed by atoms with van der Waals surface area (Å²) in [5.41, 5.74) is 0.354. The average molecular weight is 474 g/mol. The average Bonchev–Trinajstić information content (AvgIpc) is 3.40. The first-order chi connectivity index (χ1) is 13.1. The molecule has 0 spiro atoms. The second-order valence-electron chi connectivity index (χ2n) is 6.97. The molecule has 0 saturated heterocycles. The third kappa shape index (κ3) is 3.81. The first kappa shape index (κ1) is 20.8. The summed E-state index contributed by atoms with van der Waals surface area (Å²) in [6.07, 6.45) is 2.41. The number of hydrogen-bond acceptors (Lipinski definition) is 5. The fraction of sp³-hybridized carbons (Fsp3) is 0.389. The van der Waals surface area contributed by atoms with Gasteiger partial charge in [-0.1, -0.05) is 15.9 Å². The van der Waals surface area contributed by atoms with Crippen molar-refractivity contribution >= 4 is 43.0 Å². The Bertz CT molecular complexity index is 1080. The van der Waals surface area contributed by atoms with E-state index in [1.165, 1.54) is 29.9 Å². The first-order valence-corrected chi connectivity index (χ1v) is 10.9. The van der Waals surface area contributed by atoms with Gasteiger partial charge in [0.05, 0.1) is 21.8 Å². The maximum Gasteiger partial charge on any atom is 0.255 e. The molecule has 2 aromatic rings. The number of sulfonamides is 1. The van der Waals surface area contributed by atoms with Gasteiger partial charge in [-0.25, -0.2) is 12.8 Å². The smallest absolute Gasteiger partial charge is 0.255 e. The van der Waals surface area contributed by atoms with E-state index < -0.39 is 20.6 Å². The van der Waals surface area contributed by atoms with Gasteiger partial charge in [0.15, 0.2) is 0 Å². The van der Waals surface area contributed by atoms with E-state index in [1.54, 1.807) is 13.0 Å². The summed E-state index contributed by atoms with van der Waals surface area (Å²) in [6, 6.07) is 4.39. The standard InChI is InChI=1S/C18H21BrFN3O4S/c1-11-16(21-14-4-3-12(19)9-13(14)20)15(10-23(2)17(11)25)22-28(26,27)18(5-6-18)7-8-24/h3-4,9-10,21-22,24H,5-8H2,1-2H3. The SMILES string of the molecule is Cc1c(Nc2ccc(Br)cc2F)c(NS(=O)(=O)C2(CCO)CC2)cn(C)c1=O. The molecule has 0 radical (unpaired) electrons. The zero-order valence-electron chi connectivity index (χ0n) is 15.4. The highest BCUT2D eigenvalue weighted by molar-refractivity contribution is 9.10. The lowest BCUT2D eigenvalue weighted by Crippen LogP contribution is -2.32. The van der Waals surface area contributed by atoms with Crippen molar-refractivity contribution in [2.45, 2.75) is 30.9 Å². The van der Waals surface area contributed by atoms with Crippen molar-refractivity contribution in [2.24, 2.45) is 7.05 Å². The van der Waals surface area contributed by atoms with Crippen LogP contribution in [-0.4, -0.2) is 29.4 Å². The highest BCUT2D eigenvalue weighted by Crippen LogP contribution is 2.47. The largest absolute Gasteiger partial charge is 0.396 e. The molecule has 0 amide bonds. The van der Waals surface area contributed by atoms with Crippen LogP contribution in [-0.2, 0) is 17.1 Å². The molecule has 152 valence electrons. The van der Waals surface area contributed by atoms with Gasteiger partial charge in [0.2, 0.25) is 10.0 Å². The molecular weight excluding hydrogens is 453 g/mol.